The van der Waals surface area contributed by atoms with Gasteiger partial charge in [0.1, 0.15) is 18.1 Å². The number of benzene rings is 3. The van der Waals surface area contributed by atoms with Crippen molar-refractivity contribution >= 4 is 23.6 Å². The second kappa shape index (κ2) is 8.44. The van der Waals surface area contributed by atoms with Gasteiger partial charge in [0.15, 0.2) is 5.78 Å². The Labute approximate surface area is 168 Å². The highest BCUT2D eigenvalue weighted by molar-refractivity contribution is 6.07. The lowest BCUT2D eigenvalue weighted by molar-refractivity contribution is 0.104. The van der Waals surface area contributed by atoms with E-state index in [1.54, 1.807) is 30.3 Å². The first-order valence-electron chi connectivity index (χ1n) is 9.29. The predicted molar refractivity (Wildman–Crippen MR) is 111 cm³/mol. The zero-order chi connectivity index (χ0) is 20.1. The average Bonchev–Trinajstić information content (AvgIpc) is 3.19. The van der Waals surface area contributed by atoms with Gasteiger partial charge in [-0.25, -0.2) is 4.79 Å². The Bertz CT molecular complexity index is 1060. The second-order valence-corrected chi connectivity index (χ2v) is 6.50. The van der Waals surface area contributed by atoms with Crippen molar-refractivity contribution in [3.05, 3.63) is 96.1 Å². The van der Waals surface area contributed by atoms with Crippen LogP contribution in [0.25, 0.3) is 6.08 Å². The van der Waals surface area contributed by atoms with Gasteiger partial charge in [-0.2, -0.15) is 0 Å². The minimum Gasteiger partial charge on any atom is -0.457 e. The fraction of sp³-hybridized carbons (Fsp3) is 0.0833. The molecule has 0 aliphatic carbocycles. The van der Waals surface area contributed by atoms with Crippen LogP contribution in [0.4, 0.5) is 10.5 Å². The third kappa shape index (κ3) is 4.52. The fourth-order valence-corrected chi connectivity index (χ4v) is 3.03. The standard InChI is InChI=1S/C24H19NO4/c26-23(19-7-5-8-20(17-19)25-14-15-28-24(25)27)13-12-18-6-4-11-22(16-18)29-21-9-2-1-3-10-21/h1-13,16-17H,14-15H2/b13-12+. The number of hydrogen-bond donors (Lipinski definition) is 0. The van der Waals surface area contributed by atoms with Crippen molar-refractivity contribution in [1.82, 2.24) is 0 Å². The van der Waals surface area contributed by atoms with E-state index in [0.29, 0.717) is 30.2 Å². The first-order chi connectivity index (χ1) is 14.2. The molecular weight excluding hydrogens is 366 g/mol. The van der Waals surface area contributed by atoms with Crippen molar-refractivity contribution in [2.45, 2.75) is 0 Å². The quantitative estimate of drug-likeness (QED) is 0.425. The summed E-state index contributed by atoms with van der Waals surface area (Å²) in [7, 11) is 0. The molecule has 0 bridgehead atoms. The molecule has 1 saturated heterocycles. The number of nitrogens with zero attached hydrogens (tertiary/aromatic N) is 1. The molecule has 144 valence electrons. The molecule has 1 aliphatic heterocycles. The predicted octanol–water partition coefficient (Wildman–Crippen LogP) is 5.33. The summed E-state index contributed by atoms with van der Waals surface area (Å²) in [6, 6.07) is 24.0. The summed E-state index contributed by atoms with van der Waals surface area (Å²) >= 11 is 0. The molecule has 0 saturated carbocycles. The zero-order valence-electron chi connectivity index (χ0n) is 15.7. The summed E-state index contributed by atoms with van der Waals surface area (Å²) in [5, 5.41) is 0. The fourth-order valence-electron chi connectivity index (χ4n) is 3.03. The molecule has 0 radical (unpaired) electrons. The normalized spacial score (nSPS) is 13.5. The average molecular weight is 385 g/mol. The van der Waals surface area contributed by atoms with E-state index in [0.717, 1.165) is 11.3 Å². The largest absolute Gasteiger partial charge is 0.457 e. The number of amides is 1. The molecule has 5 nitrogen and oxygen atoms in total. The lowest BCUT2D eigenvalue weighted by atomic mass is 10.1. The van der Waals surface area contributed by atoms with Crippen LogP contribution >= 0.6 is 0 Å². The number of ketones is 1. The van der Waals surface area contributed by atoms with Gasteiger partial charge in [-0.15, -0.1) is 0 Å². The molecule has 1 aliphatic rings. The van der Waals surface area contributed by atoms with Gasteiger partial charge in [0.25, 0.3) is 0 Å². The van der Waals surface area contributed by atoms with Gasteiger partial charge in [-0.05, 0) is 48.0 Å². The summed E-state index contributed by atoms with van der Waals surface area (Å²) in [4.78, 5) is 25.8. The van der Waals surface area contributed by atoms with E-state index in [4.69, 9.17) is 9.47 Å². The smallest absolute Gasteiger partial charge is 0.414 e. The molecule has 0 unspecified atom stereocenters. The molecule has 1 heterocycles. The molecule has 1 fully saturated rings. The van der Waals surface area contributed by atoms with Crippen molar-refractivity contribution in [2.75, 3.05) is 18.1 Å². The second-order valence-electron chi connectivity index (χ2n) is 6.50. The molecule has 5 heteroatoms. The van der Waals surface area contributed by atoms with Crippen LogP contribution in [0.1, 0.15) is 15.9 Å². The van der Waals surface area contributed by atoms with Gasteiger partial charge < -0.3 is 9.47 Å². The minimum absolute atomic E-state index is 0.145. The maximum absolute atomic E-state index is 12.6. The van der Waals surface area contributed by atoms with Crippen LogP contribution in [0.15, 0.2) is 84.9 Å². The maximum atomic E-state index is 12.6. The van der Waals surface area contributed by atoms with E-state index >= 15 is 0 Å². The molecule has 0 atom stereocenters. The van der Waals surface area contributed by atoms with Crippen LogP contribution in [-0.4, -0.2) is 25.0 Å². The Morgan fingerprint density at radius 3 is 2.52 bits per heavy atom. The van der Waals surface area contributed by atoms with Gasteiger partial charge in [0, 0.05) is 11.3 Å². The molecule has 3 aromatic rings. The SMILES string of the molecule is O=C(/C=C/c1cccc(Oc2ccccc2)c1)c1cccc(N2CCOC2=O)c1. The van der Waals surface area contributed by atoms with E-state index in [1.807, 2.05) is 54.6 Å². The number of anilines is 1. The first kappa shape index (κ1) is 18.5. The van der Waals surface area contributed by atoms with Gasteiger partial charge in [0.2, 0.25) is 0 Å². The van der Waals surface area contributed by atoms with E-state index < -0.39 is 0 Å². The molecular formula is C24H19NO4. The number of hydrogen-bond acceptors (Lipinski definition) is 4. The summed E-state index contributed by atoms with van der Waals surface area (Å²) in [6.45, 7) is 0.846. The van der Waals surface area contributed by atoms with Gasteiger partial charge in [0.05, 0.1) is 6.54 Å². The third-order valence-corrected chi connectivity index (χ3v) is 4.47. The van der Waals surface area contributed by atoms with Crippen molar-refractivity contribution in [1.29, 1.82) is 0 Å². The van der Waals surface area contributed by atoms with E-state index in [1.165, 1.54) is 11.0 Å². The van der Waals surface area contributed by atoms with E-state index in [-0.39, 0.29) is 11.9 Å². The van der Waals surface area contributed by atoms with Crippen LogP contribution in [0.2, 0.25) is 0 Å². The molecule has 29 heavy (non-hydrogen) atoms. The Morgan fingerprint density at radius 1 is 0.931 bits per heavy atom. The van der Waals surface area contributed by atoms with Crippen molar-refractivity contribution in [3.63, 3.8) is 0 Å². The minimum atomic E-state index is -0.389. The Kier molecular flexibility index (Phi) is 5.38. The van der Waals surface area contributed by atoms with Crippen LogP contribution in [0, 0.1) is 0 Å². The van der Waals surface area contributed by atoms with E-state index in [9.17, 15) is 9.59 Å². The van der Waals surface area contributed by atoms with Crippen LogP contribution in [-0.2, 0) is 4.74 Å². The molecule has 0 N–H and O–H groups in total. The lowest BCUT2D eigenvalue weighted by Crippen LogP contribution is -2.23. The van der Waals surface area contributed by atoms with E-state index in [2.05, 4.69) is 0 Å². The number of rotatable bonds is 6. The van der Waals surface area contributed by atoms with Gasteiger partial charge in [-0.3, -0.25) is 9.69 Å². The summed E-state index contributed by atoms with van der Waals surface area (Å²) in [6.07, 6.45) is 2.88. The summed E-state index contributed by atoms with van der Waals surface area (Å²) < 4.78 is 10.8. The zero-order valence-corrected chi connectivity index (χ0v) is 15.7. The highest BCUT2D eigenvalue weighted by Gasteiger charge is 2.23. The number of para-hydroxylation sites is 1. The number of cyclic esters (lactones) is 1. The molecule has 1 amide bonds. The van der Waals surface area contributed by atoms with Crippen molar-refractivity contribution in [2.24, 2.45) is 0 Å². The van der Waals surface area contributed by atoms with Crippen molar-refractivity contribution in [3.8, 4) is 11.5 Å². The Morgan fingerprint density at radius 2 is 1.72 bits per heavy atom. The highest BCUT2D eigenvalue weighted by Crippen LogP contribution is 2.23. The van der Waals surface area contributed by atoms with Crippen molar-refractivity contribution < 1.29 is 19.1 Å². The topological polar surface area (TPSA) is 55.8 Å². The Balaban J connectivity index is 1.47. The monoisotopic (exact) mass is 385 g/mol. The number of carbonyl (C=O) groups excluding carboxylic acids is 2. The summed E-state index contributed by atoms with van der Waals surface area (Å²) in [5.74, 6) is 1.30. The molecule has 0 spiro atoms. The first-order valence-corrected chi connectivity index (χ1v) is 9.29. The number of allylic oxidation sites excluding steroid dienone is 1. The maximum Gasteiger partial charge on any atom is 0.414 e. The van der Waals surface area contributed by atoms with Gasteiger partial charge >= 0.3 is 6.09 Å². The number of carbonyl (C=O) groups is 2. The highest BCUT2D eigenvalue weighted by atomic mass is 16.6. The molecule has 0 aromatic heterocycles. The number of ether oxygens (including phenoxy) is 2. The molecule has 4 rings (SSSR count). The van der Waals surface area contributed by atoms with Crippen LogP contribution in [0.5, 0.6) is 11.5 Å². The van der Waals surface area contributed by atoms with Gasteiger partial charge in [-0.1, -0.05) is 48.5 Å². The summed E-state index contributed by atoms with van der Waals surface area (Å²) in [5.41, 5.74) is 2.02. The third-order valence-electron chi connectivity index (χ3n) is 4.47. The van der Waals surface area contributed by atoms with Crippen LogP contribution in [0.3, 0.4) is 0 Å². The molecule has 3 aromatic carbocycles. The lowest BCUT2D eigenvalue weighted by Gasteiger charge is -2.13. The van der Waals surface area contributed by atoms with Crippen LogP contribution < -0.4 is 9.64 Å². The Hall–Kier alpha value is -3.86.